The van der Waals surface area contributed by atoms with Gasteiger partial charge in [-0.2, -0.15) is 9.29 Å². The molecule has 0 radical (unpaired) electrons. The highest BCUT2D eigenvalue weighted by Gasteiger charge is 2.52. The summed E-state index contributed by atoms with van der Waals surface area (Å²) in [5, 5.41) is 15.9. The number of aliphatic hydroxyl groups is 1. The van der Waals surface area contributed by atoms with Crippen LogP contribution < -0.4 is 21.9 Å². The molecule has 0 bridgehead atoms. The highest BCUT2D eigenvalue weighted by molar-refractivity contribution is 7.60. The molecule has 0 aromatic carbocycles. The molecule has 27 heteroatoms. The van der Waals surface area contributed by atoms with Crippen molar-refractivity contribution in [3.8, 4) is 0 Å². The molecule has 1 saturated heterocycles. The van der Waals surface area contributed by atoms with Gasteiger partial charge < -0.3 is 63.2 Å². The number of anilines is 1. The van der Waals surface area contributed by atoms with E-state index in [1.54, 1.807) is 38.1 Å². The summed E-state index contributed by atoms with van der Waals surface area (Å²) in [7, 11) is -10.9. The number of nitrogens with one attached hydrogen (secondary N) is 3. The summed E-state index contributed by atoms with van der Waals surface area (Å²) >= 11 is 0. The fourth-order valence-corrected chi connectivity index (χ4v) is 8.02. The number of phosphoric acid groups is 2. The molecule has 1 unspecified atom stereocenters. The first-order chi connectivity index (χ1) is 25.3. The second-order valence-electron chi connectivity index (χ2n) is 12.4. The molecule has 1 fully saturated rings. The average molecular weight is 803 g/mol. The Morgan fingerprint density at radius 1 is 1.19 bits per heavy atom. The summed E-state index contributed by atoms with van der Waals surface area (Å²) in [6, 6.07) is 1.69. The number of nitrogens with two attached hydrogens (primary N) is 1. The van der Waals surface area contributed by atoms with E-state index in [1.807, 2.05) is 0 Å². The largest absolute Gasteiger partial charge is 0.737 e. The zero-order chi connectivity index (χ0) is 39.3. The van der Waals surface area contributed by atoms with Crippen molar-refractivity contribution in [3.05, 3.63) is 57.5 Å². The number of imidazole rings is 1. The number of aliphatic hydroxyl groups excluding tert-OH is 1. The fraction of sp³-hybridized carbons (Fsp3) is 0.407. The van der Waals surface area contributed by atoms with Crippen molar-refractivity contribution >= 4 is 63.5 Å². The van der Waals surface area contributed by atoms with Crippen molar-refractivity contribution in [2.24, 2.45) is 0 Å². The number of ether oxygens (including phenoxy) is 2. The maximum atomic E-state index is 15.6. The van der Waals surface area contributed by atoms with Gasteiger partial charge in [-0.05, 0) is 31.2 Å². The number of nitrogens with zero attached hydrogens (tertiary/aromatic N) is 5. The number of hydrogen-bond acceptors (Lipinski definition) is 13. The lowest BCUT2D eigenvalue weighted by atomic mass is 9.90. The minimum absolute atomic E-state index is 0.000563. The lowest BCUT2D eigenvalue weighted by molar-refractivity contribution is -0.362. The number of fused-ring (bicyclic) bond motifs is 3. The Labute approximate surface area is 302 Å². The maximum absolute atomic E-state index is 15.6. The van der Waals surface area contributed by atoms with Crippen LogP contribution in [0.1, 0.15) is 36.0 Å². The number of alkyl carbamates (subject to hydrolysis) is 1. The standard InChI is InChI=1S/C27H34BF2N9O13P2/c1-13-9-14(2)38-17(13)10-16-4-3-15(39(16)28(38,29)30)5-6-19(40)32-7-8-33-27(43)51-22-21(41)18(11-49-54(47,48)52-53(44,45)46)50-25(22)37-12-34-20-23(37)35-26(31)36-24(20)42/h3-4,9-10,12,18,21-22,25,41H,5-8,11H2,1-2H3,(H,32,40)(H,33,43)(H,47,48)(H2,44,45,46)(H3,31,35,36,42)/t18-,21-,22-,25-/m1/s1. The molecule has 5 atom stereocenters. The number of hydrogen-bond donors (Lipinski definition) is 8. The minimum Gasteiger partial charge on any atom is -0.439 e. The molecular formula is C27H34BF2N9O13P2. The first-order valence-electron chi connectivity index (χ1n) is 16.0. The van der Waals surface area contributed by atoms with Crippen molar-refractivity contribution in [2.75, 3.05) is 25.4 Å². The molecule has 6 heterocycles. The Kier molecular flexibility index (Phi) is 10.6. The third-order valence-corrected chi connectivity index (χ3v) is 10.8. The second kappa shape index (κ2) is 14.6. The number of rotatable bonds is 13. The number of carbonyl (C=O) groups excluding carboxylic acids is 2. The van der Waals surface area contributed by atoms with Crippen LogP contribution in [0.5, 0.6) is 0 Å². The smallest absolute Gasteiger partial charge is 0.439 e. The molecule has 9 N–H and O–H groups in total. The monoisotopic (exact) mass is 803 g/mol. The Bertz CT molecular complexity index is 2270. The van der Waals surface area contributed by atoms with Crippen LogP contribution in [-0.2, 0) is 32.2 Å². The summed E-state index contributed by atoms with van der Waals surface area (Å²) in [4.78, 5) is 75.3. The van der Waals surface area contributed by atoms with Crippen molar-refractivity contribution in [1.29, 1.82) is 0 Å². The van der Waals surface area contributed by atoms with Crippen LogP contribution in [0.2, 0.25) is 0 Å². The van der Waals surface area contributed by atoms with E-state index in [0.717, 1.165) is 25.4 Å². The van der Waals surface area contributed by atoms with Crippen LogP contribution in [0.25, 0.3) is 17.2 Å². The molecule has 0 saturated carbocycles. The molecule has 3 aromatic heterocycles. The molecule has 0 aliphatic carbocycles. The zero-order valence-corrected chi connectivity index (χ0v) is 30.0. The summed E-state index contributed by atoms with van der Waals surface area (Å²) in [6.07, 6.45) is -2.08. The van der Waals surface area contributed by atoms with Crippen LogP contribution in [0.4, 0.5) is 19.4 Å². The Balaban J connectivity index is 1.06. The fourth-order valence-electron chi connectivity index (χ4n) is 6.42. The predicted molar refractivity (Wildman–Crippen MR) is 182 cm³/mol. The van der Waals surface area contributed by atoms with Crippen LogP contribution >= 0.6 is 15.6 Å². The van der Waals surface area contributed by atoms with E-state index in [0.29, 0.717) is 17.1 Å². The van der Waals surface area contributed by atoms with E-state index in [9.17, 15) is 33.5 Å². The van der Waals surface area contributed by atoms with Crippen LogP contribution in [0, 0.1) is 13.8 Å². The lowest BCUT2D eigenvalue weighted by Gasteiger charge is -2.30. The summed E-state index contributed by atoms with van der Waals surface area (Å²) in [5.74, 6) is -0.822. The van der Waals surface area contributed by atoms with Gasteiger partial charge in [0.05, 0.1) is 12.9 Å². The molecule has 0 spiro atoms. The normalized spacial score (nSPS) is 22.9. The number of H-pyrrole nitrogens is 1. The highest BCUT2D eigenvalue weighted by Crippen LogP contribution is 2.57. The van der Waals surface area contributed by atoms with E-state index in [-0.39, 0.29) is 48.8 Å². The molecule has 3 aliphatic rings. The average Bonchev–Trinajstić information content (AvgIpc) is 3.81. The maximum Gasteiger partial charge on any atom is 0.737 e. The van der Waals surface area contributed by atoms with Gasteiger partial charge in [-0.1, -0.05) is 0 Å². The van der Waals surface area contributed by atoms with Crippen molar-refractivity contribution < 1.29 is 69.9 Å². The molecule has 22 nitrogen and oxygen atoms in total. The molecule has 292 valence electrons. The number of amides is 2. The van der Waals surface area contributed by atoms with E-state index in [1.165, 1.54) is 0 Å². The van der Waals surface area contributed by atoms with Crippen molar-refractivity contribution in [3.63, 3.8) is 0 Å². The van der Waals surface area contributed by atoms with E-state index >= 15 is 8.63 Å². The third kappa shape index (κ3) is 7.94. The number of aromatic nitrogens is 5. The van der Waals surface area contributed by atoms with E-state index < -0.39 is 71.3 Å². The Morgan fingerprint density at radius 3 is 2.63 bits per heavy atom. The van der Waals surface area contributed by atoms with Gasteiger partial charge in [0, 0.05) is 49.9 Å². The van der Waals surface area contributed by atoms with Crippen molar-refractivity contribution in [1.82, 2.24) is 34.6 Å². The van der Waals surface area contributed by atoms with Gasteiger partial charge in [0.15, 0.2) is 29.2 Å². The number of phosphoric ester groups is 1. The van der Waals surface area contributed by atoms with Gasteiger partial charge in [0.25, 0.3) is 5.56 Å². The summed E-state index contributed by atoms with van der Waals surface area (Å²) < 4.78 is 76.7. The van der Waals surface area contributed by atoms with Crippen LogP contribution in [-0.4, -0.2) is 111 Å². The van der Waals surface area contributed by atoms with Gasteiger partial charge in [-0.3, -0.25) is 23.7 Å². The Hall–Kier alpha value is -4.58. The molecule has 2 amide bonds. The number of nitrogen functional groups attached to an aromatic ring is 1. The molecule has 6 rings (SSSR count). The number of aromatic amines is 1. The first-order valence-corrected chi connectivity index (χ1v) is 19.1. The van der Waals surface area contributed by atoms with Gasteiger partial charge >= 0.3 is 28.7 Å². The molecule has 3 aliphatic heterocycles. The lowest BCUT2D eigenvalue weighted by Crippen LogP contribution is -2.50. The van der Waals surface area contributed by atoms with Gasteiger partial charge in [-0.15, -0.1) is 0 Å². The summed E-state index contributed by atoms with van der Waals surface area (Å²) in [6.45, 7) is -2.17. The number of halogens is 2. The van der Waals surface area contributed by atoms with E-state index in [2.05, 4.69) is 34.4 Å². The molecule has 54 heavy (non-hydrogen) atoms. The minimum atomic E-state index is -5.48. The topological polar surface area (TPSA) is 308 Å². The van der Waals surface area contributed by atoms with E-state index in [4.69, 9.17) is 25.0 Å². The van der Waals surface area contributed by atoms with Crippen LogP contribution in [0.15, 0.2) is 35.0 Å². The molecular weight excluding hydrogens is 769 g/mol. The first kappa shape index (κ1) is 39.1. The quantitative estimate of drug-likeness (QED) is 0.0635. The van der Waals surface area contributed by atoms with Gasteiger partial charge in [0.2, 0.25) is 11.9 Å². The van der Waals surface area contributed by atoms with Gasteiger partial charge in [-0.25, -0.2) is 18.9 Å². The van der Waals surface area contributed by atoms with Crippen LogP contribution in [0.3, 0.4) is 0 Å². The zero-order valence-electron chi connectivity index (χ0n) is 28.2. The second-order valence-corrected chi connectivity index (χ2v) is 15.2. The highest BCUT2D eigenvalue weighted by atomic mass is 31.3. The number of carbonyl (C=O) groups is 2. The SMILES string of the molecule is Cc1cc(C)n2c1C=C1C=CC(CCC(=O)NCCNC(=O)O[C@@H]3[C@H](O)[C@@H](COP(=O)(O)OP(=O)(O)O)O[C@H]3n3cnc4c(=O)[nH]c(N)nc43)=[N+]1[B-]2(F)F. The van der Waals surface area contributed by atoms with Crippen molar-refractivity contribution in [2.45, 2.75) is 51.2 Å². The van der Waals surface area contributed by atoms with Gasteiger partial charge in [0.1, 0.15) is 17.9 Å². The summed E-state index contributed by atoms with van der Waals surface area (Å²) in [5.41, 5.74) is 6.66. The molecule has 3 aromatic rings. The predicted octanol–water partition coefficient (Wildman–Crippen LogP) is -0.103. The number of aryl methyl sites for hydroxylation is 2. The Morgan fingerprint density at radius 2 is 1.91 bits per heavy atom. The third-order valence-electron chi connectivity index (χ3n) is 8.63. The number of allylic oxidation sites excluding steroid dienone is 2.